The van der Waals surface area contributed by atoms with Gasteiger partial charge in [-0.1, -0.05) is 28.1 Å². The van der Waals surface area contributed by atoms with E-state index in [0.717, 1.165) is 11.3 Å². The van der Waals surface area contributed by atoms with Crippen molar-refractivity contribution in [3.8, 4) is 0 Å². The highest BCUT2D eigenvalue weighted by atomic mass is 79.9. The molecule has 1 atom stereocenters. The van der Waals surface area contributed by atoms with E-state index >= 15 is 0 Å². The number of alkyl halides is 1. The van der Waals surface area contributed by atoms with Crippen LogP contribution in [0.3, 0.4) is 0 Å². The molecule has 1 aliphatic heterocycles. The van der Waals surface area contributed by atoms with E-state index in [-0.39, 0.29) is 10.7 Å². The van der Waals surface area contributed by atoms with Gasteiger partial charge in [0.2, 0.25) is 5.91 Å². The number of anilines is 1. The maximum atomic E-state index is 11.7. The molecule has 1 aromatic heterocycles. The van der Waals surface area contributed by atoms with Crippen molar-refractivity contribution >= 4 is 38.9 Å². The molecule has 1 aliphatic rings. The molecule has 18 heavy (non-hydrogen) atoms. The van der Waals surface area contributed by atoms with Gasteiger partial charge in [-0.05, 0) is 39.6 Å². The topological polar surface area (TPSA) is 20.3 Å². The summed E-state index contributed by atoms with van der Waals surface area (Å²) >= 11 is 5.42. The van der Waals surface area contributed by atoms with E-state index in [9.17, 15) is 4.79 Å². The number of hydrogen-bond donors (Lipinski definition) is 0. The van der Waals surface area contributed by atoms with Crippen molar-refractivity contribution in [2.75, 3.05) is 11.9 Å². The standard InChI is InChI=1S/C14H12BrNOS/c1-16-12-3-2-9(6-11(12)7-13(16)17)14(15)10-4-5-18-8-10/h2-6,8,14H,7H2,1H3. The van der Waals surface area contributed by atoms with Gasteiger partial charge in [0.15, 0.2) is 0 Å². The molecule has 1 unspecified atom stereocenters. The Morgan fingerprint density at radius 3 is 2.89 bits per heavy atom. The molecule has 0 spiro atoms. The molecule has 0 fully saturated rings. The van der Waals surface area contributed by atoms with Crippen LogP contribution >= 0.6 is 27.3 Å². The largest absolute Gasteiger partial charge is 0.315 e. The Hall–Kier alpha value is -1.13. The van der Waals surface area contributed by atoms with Gasteiger partial charge >= 0.3 is 0 Å². The average Bonchev–Trinajstić information content (AvgIpc) is 2.98. The van der Waals surface area contributed by atoms with Crippen LogP contribution in [0.2, 0.25) is 0 Å². The number of amides is 1. The molecular formula is C14H12BrNOS. The predicted octanol–water partition coefficient (Wildman–Crippen LogP) is 3.75. The molecule has 2 heterocycles. The number of likely N-dealkylation sites (N-methyl/N-ethyl adjacent to an activating group) is 1. The summed E-state index contributed by atoms with van der Waals surface area (Å²) in [6, 6.07) is 8.38. The molecular weight excluding hydrogens is 310 g/mol. The highest BCUT2D eigenvalue weighted by Gasteiger charge is 2.24. The van der Waals surface area contributed by atoms with Crippen molar-refractivity contribution in [1.29, 1.82) is 0 Å². The third-order valence-electron chi connectivity index (χ3n) is 3.31. The van der Waals surface area contributed by atoms with Gasteiger partial charge in [0.25, 0.3) is 0 Å². The SMILES string of the molecule is CN1C(=O)Cc2cc(C(Br)c3ccsc3)ccc21. The maximum Gasteiger partial charge on any atom is 0.231 e. The van der Waals surface area contributed by atoms with Crippen LogP contribution in [0.1, 0.15) is 21.5 Å². The Bertz CT molecular complexity index is 594. The van der Waals surface area contributed by atoms with Gasteiger partial charge in [-0.3, -0.25) is 4.79 Å². The fraction of sp³-hybridized carbons (Fsp3) is 0.214. The number of nitrogens with zero attached hydrogens (tertiary/aromatic N) is 1. The van der Waals surface area contributed by atoms with Gasteiger partial charge in [0, 0.05) is 12.7 Å². The van der Waals surface area contributed by atoms with Crippen molar-refractivity contribution in [2.24, 2.45) is 0 Å². The molecule has 0 saturated carbocycles. The van der Waals surface area contributed by atoms with E-state index in [0.29, 0.717) is 6.42 Å². The number of carbonyl (C=O) groups is 1. The minimum absolute atomic E-state index is 0.170. The van der Waals surface area contributed by atoms with Crippen molar-refractivity contribution in [3.63, 3.8) is 0 Å². The van der Waals surface area contributed by atoms with Gasteiger partial charge in [-0.25, -0.2) is 0 Å². The molecule has 1 amide bonds. The van der Waals surface area contributed by atoms with Gasteiger partial charge < -0.3 is 4.90 Å². The normalized spacial score (nSPS) is 15.9. The van der Waals surface area contributed by atoms with E-state index in [1.54, 1.807) is 16.2 Å². The number of fused-ring (bicyclic) bond motifs is 1. The van der Waals surface area contributed by atoms with Crippen LogP contribution in [0.4, 0.5) is 5.69 Å². The minimum Gasteiger partial charge on any atom is -0.315 e. The van der Waals surface area contributed by atoms with E-state index < -0.39 is 0 Å². The minimum atomic E-state index is 0.170. The molecule has 4 heteroatoms. The number of thiophene rings is 1. The third kappa shape index (κ3) is 1.89. The molecule has 0 bridgehead atoms. The first-order valence-corrected chi connectivity index (χ1v) is 7.58. The maximum absolute atomic E-state index is 11.7. The summed E-state index contributed by atoms with van der Waals surface area (Å²) in [5, 5.41) is 4.22. The smallest absolute Gasteiger partial charge is 0.231 e. The zero-order valence-electron chi connectivity index (χ0n) is 9.89. The molecule has 92 valence electrons. The van der Waals surface area contributed by atoms with Crippen LogP contribution in [0.25, 0.3) is 0 Å². The van der Waals surface area contributed by atoms with E-state index in [1.165, 1.54) is 11.1 Å². The highest BCUT2D eigenvalue weighted by Crippen LogP contribution is 2.36. The number of halogens is 1. The first-order valence-electron chi connectivity index (χ1n) is 5.72. The summed E-state index contributed by atoms with van der Waals surface area (Å²) in [6.07, 6.45) is 0.517. The van der Waals surface area contributed by atoms with Crippen LogP contribution in [-0.2, 0) is 11.2 Å². The second kappa shape index (κ2) is 4.52. The molecule has 2 aromatic rings. The quantitative estimate of drug-likeness (QED) is 0.771. The number of benzene rings is 1. The van der Waals surface area contributed by atoms with Crippen molar-refractivity contribution in [3.05, 3.63) is 51.7 Å². The zero-order valence-corrected chi connectivity index (χ0v) is 12.3. The summed E-state index contributed by atoms with van der Waals surface area (Å²) in [5.74, 6) is 0.170. The van der Waals surface area contributed by atoms with Crippen LogP contribution in [-0.4, -0.2) is 13.0 Å². The molecule has 0 saturated heterocycles. The lowest BCUT2D eigenvalue weighted by Crippen LogP contribution is -2.20. The summed E-state index contributed by atoms with van der Waals surface area (Å²) in [5.41, 5.74) is 4.63. The Balaban J connectivity index is 1.97. The molecule has 2 nitrogen and oxygen atoms in total. The molecule has 0 radical (unpaired) electrons. The van der Waals surface area contributed by atoms with E-state index in [2.05, 4.69) is 44.9 Å². The summed E-state index contributed by atoms with van der Waals surface area (Å²) in [7, 11) is 1.83. The average molecular weight is 322 g/mol. The number of hydrogen-bond acceptors (Lipinski definition) is 2. The lowest BCUT2D eigenvalue weighted by atomic mass is 10.0. The first kappa shape index (κ1) is 11.9. The van der Waals surface area contributed by atoms with E-state index in [4.69, 9.17) is 0 Å². The lowest BCUT2D eigenvalue weighted by molar-refractivity contribution is -0.117. The molecule has 1 aromatic carbocycles. The van der Waals surface area contributed by atoms with Crippen LogP contribution in [0, 0.1) is 0 Å². The molecule has 3 rings (SSSR count). The van der Waals surface area contributed by atoms with Gasteiger partial charge in [-0.2, -0.15) is 11.3 Å². The summed E-state index contributed by atoms with van der Waals surface area (Å²) in [6.45, 7) is 0. The molecule has 0 aliphatic carbocycles. The Morgan fingerprint density at radius 2 is 2.17 bits per heavy atom. The molecule has 0 N–H and O–H groups in total. The second-order valence-corrected chi connectivity index (χ2v) is 6.13. The van der Waals surface area contributed by atoms with Crippen molar-refractivity contribution in [2.45, 2.75) is 11.2 Å². The number of carbonyl (C=O) groups excluding carboxylic acids is 1. The summed E-state index contributed by atoms with van der Waals surface area (Å²) in [4.78, 5) is 13.6. The van der Waals surface area contributed by atoms with Crippen LogP contribution in [0.15, 0.2) is 35.0 Å². The monoisotopic (exact) mass is 321 g/mol. The van der Waals surface area contributed by atoms with Gasteiger partial charge in [-0.15, -0.1) is 0 Å². The second-order valence-electron chi connectivity index (χ2n) is 4.44. The van der Waals surface area contributed by atoms with Gasteiger partial charge in [0.05, 0.1) is 11.2 Å². The lowest BCUT2D eigenvalue weighted by Gasteiger charge is -2.13. The third-order valence-corrected chi connectivity index (χ3v) is 5.07. The Labute approximate surface area is 118 Å². The first-order chi connectivity index (χ1) is 8.66. The van der Waals surface area contributed by atoms with Crippen LogP contribution in [0.5, 0.6) is 0 Å². The number of rotatable bonds is 2. The fourth-order valence-electron chi connectivity index (χ4n) is 2.26. The van der Waals surface area contributed by atoms with E-state index in [1.807, 2.05) is 13.1 Å². The highest BCUT2D eigenvalue weighted by molar-refractivity contribution is 9.09. The zero-order chi connectivity index (χ0) is 12.7. The Morgan fingerprint density at radius 1 is 1.33 bits per heavy atom. The predicted molar refractivity (Wildman–Crippen MR) is 78.6 cm³/mol. The fourth-order valence-corrected chi connectivity index (χ4v) is 3.69. The van der Waals surface area contributed by atoms with Crippen molar-refractivity contribution < 1.29 is 4.79 Å². The Kier molecular flexibility index (Phi) is 2.99. The summed E-state index contributed by atoms with van der Waals surface area (Å²) < 4.78 is 0. The van der Waals surface area contributed by atoms with Crippen molar-refractivity contribution in [1.82, 2.24) is 0 Å². The van der Waals surface area contributed by atoms with Crippen LogP contribution < -0.4 is 4.90 Å². The van der Waals surface area contributed by atoms with Gasteiger partial charge in [0.1, 0.15) is 0 Å².